The number of nitro groups is 1. The van der Waals surface area contributed by atoms with Crippen LogP contribution in [0.25, 0.3) is 33.7 Å². The fraction of sp³-hybridized carbons (Fsp3) is 0.0312. The van der Waals surface area contributed by atoms with Gasteiger partial charge in [0.25, 0.3) is 5.69 Å². The number of halogens is 1. The fourth-order valence-corrected chi connectivity index (χ4v) is 5.15. The summed E-state index contributed by atoms with van der Waals surface area (Å²) < 4.78 is 36.2. The first kappa shape index (κ1) is 27.9. The van der Waals surface area contributed by atoms with Crippen molar-refractivity contribution in [3.63, 3.8) is 0 Å². The van der Waals surface area contributed by atoms with E-state index in [2.05, 4.69) is 96.6 Å². The second kappa shape index (κ2) is 11.4. The predicted octanol–water partition coefficient (Wildman–Crippen LogP) is 2.33. The molecule has 9 heteroatoms. The summed E-state index contributed by atoms with van der Waals surface area (Å²) in [4.78, 5) is 10.8. The van der Waals surface area contributed by atoms with Gasteiger partial charge in [-0.3, -0.25) is 10.1 Å². The van der Waals surface area contributed by atoms with Gasteiger partial charge in [-0.2, -0.15) is 4.57 Å². The maximum Gasteiger partial charge on any atom is 0.269 e. The van der Waals surface area contributed by atoms with Crippen LogP contribution >= 0.6 is 0 Å². The first-order chi connectivity index (χ1) is 19.6. The Bertz CT molecular complexity index is 1790. The van der Waals surface area contributed by atoms with Crippen LogP contribution in [0.1, 0.15) is 27.9 Å². The van der Waals surface area contributed by atoms with Crippen LogP contribution in [0.2, 0.25) is 0 Å². The first-order valence-corrected chi connectivity index (χ1v) is 13.7. The number of aryl methyl sites for hydroxylation is 1. The van der Waals surface area contributed by atoms with Crippen molar-refractivity contribution < 1.29 is 38.4 Å². The number of non-ortho nitro benzene ring substituents is 1. The Hall–Kier alpha value is -4.70. The third-order valence-electron chi connectivity index (χ3n) is 6.77. The predicted molar refractivity (Wildman–Crippen MR) is 145 cm³/mol. The van der Waals surface area contributed by atoms with Gasteiger partial charge in [0.05, 0.1) is 16.1 Å². The molecule has 0 atom stereocenters. The monoisotopic (exact) mass is 566 g/mol. The molecule has 0 spiro atoms. The van der Waals surface area contributed by atoms with E-state index < -0.39 is 10.2 Å². The molecule has 0 amide bonds. The largest absolute Gasteiger partial charge is 0.269 e. The fourth-order valence-electron chi connectivity index (χ4n) is 5.15. The van der Waals surface area contributed by atoms with Crippen LogP contribution in [-0.2, 0) is 7.05 Å². The number of aromatic nitrogens is 1. The summed E-state index contributed by atoms with van der Waals surface area (Å²) in [5, 5.41) is 12.4. The molecule has 1 aliphatic rings. The van der Waals surface area contributed by atoms with E-state index in [-0.39, 0.29) is 10.6 Å². The van der Waals surface area contributed by atoms with Gasteiger partial charge < -0.3 is 0 Å². The highest BCUT2D eigenvalue weighted by Crippen LogP contribution is 2.49. The van der Waals surface area contributed by atoms with Gasteiger partial charge >= 0.3 is 0 Å². The van der Waals surface area contributed by atoms with Crippen LogP contribution in [0.5, 0.6) is 0 Å². The Kier molecular flexibility index (Phi) is 7.76. The Morgan fingerprint density at radius 1 is 0.707 bits per heavy atom. The summed E-state index contributed by atoms with van der Waals surface area (Å²) in [7, 11) is -2.83. The summed E-state index contributed by atoms with van der Waals surface area (Å²) in [6.45, 7) is 0. The summed E-state index contributed by atoms with van der Waals surface area (Å²) in [6.07, 6.45) is 2.15. The van der Waals surface area contributed by atoms with Crippen molar-refractivity contribution in [2.75, 3.05) is 0 Å². The minimum absolute atomic E-state index is 0.0873. The molecule has 204 valence electrons. The van der Waals surface area contributed by atoms with Crippen molar-refractivity contribution in [2.24, 2.45) is 7.05 Å². The highest BCUT2D eigenvalue weighted by molar-refractivity contribution is 6.26. The Labute approximate surface area is 237 Å². The molecule has 0 radical (unpaired) electrons. The third kappa shape index (κ3) is 6.07. The van der Waals surface area contributed by atoms with Gasteiger partial charge in [-0.05, 0) is 47.0 Å². The summed E-state index contributed by atoms with van der Waals surface area (Å²) in [5.74, 6) is 0. The smallest absolute Gasteiger partial charge is 0.258 e. The first-order valence-electron chi connectivity index (χ1n) is 12.5. The molecule has 4 aromatic carbocycles. The number of hydrogen-bond donors (Lipinski definition) is 0. The van der Waals surface area contributed by atoms with Crippen LogP contribution in [-0.4, -0.2) is 4.92 Å². The second-order valence-electron chi connectivity index (χ2n) is 9.29. The molecule has 8 nitrogen and oxygen atoms in total. The molecule has 1 heterocycles. The number of allylic oxidation sites excluding steroid dienone is 2. The van der Waals surface area contributed by atoms with E-state index in [9.17, 15) is 10.1 Å². The quantitative estimate of drug-likeness (QED) is 0.186. The molecule has 1 aromatic heterocycles. The Balaban J connectivity index is 0.000000623. The SMILES string of the molecule is C[n+]1c2c(cc3ccccc31)C(c1ccccc1)=C(c1ccccc1)/C2=C\c1ccc([N+](=O)[O-])cc1.[O-][Cl+3]([O-])([O-])[O-]. The molecular formula is C32H23ClN2O6. The molecule has 5 aromatic rings. The number of fused-ring (bicyclic) bond motifs is 2. The zero-order valence-electron chi connectivity index (χ0n) is 21.8. The van der Waals surface area contributed by atoms with Crippen molar-refractivity contribution in [3.05, 3.63) is 153 Å². The molecule has 0 aliphatic heterocycles. The normalized spacial score (nSPS) is 13.6. The lowest BCUT2D eigenvalue weighted by molar-refractivity contribution is -2.00. The van der Waals surface area contributed by atoms with Crippen LogP contribution in [0, 0.1) is 20.4 Å². The lowest BCUT2D eigenvalue weighted by Crippen LogP contribution is -2.68. The van der Waals surface area contributed by atoms with Crippen LogP contribution in [0.3, 0.4) is 0 Å². The van der Waals surface area contributed by atoms with Gasteiger partial charge in [-0.1, -0.05) is 72.8 Å². The Morgan fingerprint density at radius 2 is 1.22 bits per heavy atom. The van der Waals surface area contributed by atoms with E-state index in [0.717, 1.165) is 39.0 Å². The number of hydrogen-bond acceptors (Lipinski definition) is 6. The molecule has 0 bridgehead atoms. The van der Waals surface area contributed by atoms with Crippen LogP contribution < -0.4 is 23.2 Å². The molecular weight excluding hydrogens is 544 g/mol. The van der Waals surface area contributed by atoms with Crippen LogP contribution in [0.4, 0.5) is 5.69 Å². The number of benzene rings is 4. The van der Waals surface area contributed by atoms with Gasteiger partial charge in [0.2, 0.25) is 11.2 Å². The molecule has 0 saturated heterocycles. The van der Waals surface area contributed by atoms with Gasteiger partial charge in [-0.25, -0.2) is 18.6 Å². The van der Waals surface area contributed by atoms with E-state index in [0.29, 0.717) is 0 Å². The van der Waals surface area contributed by atoms with E-state index >= 15 is 0 Å². The average Bonchev–Trinajstić information content (AvgIpc) is 3.27. The van der Waals surface area contributed by atoms with Crippen molar-refractivity contribution in [1.82, 2.24) is 0 Å². The standard InChI is InChI=1S/C32H23N2O2.ClHO4/c1-33-29-15-9-8-14-25(29)21-28-31(24-12-6-3-7-13-24)30(23-10-4-2-5-11-23)27(32(28)33)20-22-16-18-26(19-17-22)34(35)36;2-1(3,4)5/h2-21H,1H3;(H,2,3,4,5)/q+1;/p-1/b27-20+;. The van der Waals surface area contributed by atoms with Crippen molar-refractivity contribution in [2.45, 2.75) is 0 Å². The summed E-state index contributed by atoms with van der Waals surface area (Å²) in [6, 6.07) is 38.4. The lowest BCUT2D eigenvalue weighted by atomic mass is 9.92. The summed E-state index contributed by atoms with van der Waals surface area (Å²) in [5.41, 5.74) is 10.2. The van der Waals surface area contributed by atoms with E-state index in [1.807, 2.05) is 24.3 Å². The average molecular weight is 567 g/mol. The Morgan fingerprint density at radius 3 is 1.78 bits per heavy atom. The molecule has 0 N–H and O–H groups in total. The topological polar surface area (TPSA) is 139 Å². The van der Waals surface area contributed by atoms with Gasteiger partial charge in [0.15, 0.2) is 0 Å². The van der Waals surface area contributed by atoms with E-state index in [1.54, 1.807) is 12.1 Å². The second-order valence-corrected chi connectivity index (χ2v) is 10.0. The van der Waals surface area contributed by atoms with E-state index in [1.165, 1.54) is 16.5 Å². The van der Waals surface area contributed by atoms with E-state index in [4.69, 9.17) is 18.6 Å². The number of nitro benzene ring substituents is 1. The lowest BCUT2D eigenvalue weighted by Gasteiger charge is -2.17. The van der Waals surface area contributed by atoms with Gasteiger partial charge in [0, 0.05) is 34.7 Å². The van der Waals surface area contributed by atoms with Crippen molar-refractivity contribution >= 4 is 39.4 Å². The maximum atomic E-state index is 11.2. The number of nitrogens with zero attached hydrogens (tertiary/aromatic N) is 2. The molecule has 41 heavy (non-hydrogen) atoms. The third-order valence-corrected chi connectivity index (χ3v) is 6.77. The zero-order chi connectivity index (χ0) is 29.1. The van der Waals surface area contributed by atoms with Crippen molar-refractivity contribution in [3.8, 4) is 0 Å². The summed E-state index contributed by atoms with van der Waals surface area (Å²) >= 11 is 0. The maximum absolute atomic E-state index is 11.2. The van der Waals surface area contributed by atoms with Gasteiger partial charge in [0.1, 0.15) is 7.05 Å². The van der Waals surface area contributed by atoms with Crippen LogP contribution in [0.15, 0.2) is 115 Å². The number of para-hydroxylation sites is 1. The molecule has 0 fully saturated rings. The van der Waals surface area contributed by atoms with Gasteiger partial charge in [-0.15, -0.1) is 10.2 Å². The number of pyridine rings is 1. The highest BCUT2D eigenvalue weighted by Gasteiger charge is 2.36. The minimum atomic E-state index is -4.94. The molecule has 0 saturated carbocycles. The number of rotatable bonds is 4. The highest BCUT2D eigenvalue weighted by atomic mass is 35.7. The van der Waals surface area contributed by atoms with Crippen molar-refractivity contribution in [1.29, 1.82) is 0 Å². The molecule has 0 unspecified atom stereocenters. The minimum Gasteiger partial charge on any atom is -0.258 e. The molecule has 1 aliphatic carbocycles. The molecule has 6 rings (SSSR count). The zero-order valence-corrected chi connectivity index (χ0v) is 22.5.